The highest BCUT2D eigenvalue weighted by Crippen LogP contribution is 2.44. The van der Waals surface area contributed by atoms with Crippen molar-refractivity contribution in [2.45, 2.75) is 72.8 Å². The second kappa shape index (κ2) is 5.18. The van der Waals surface area contributed by atoms with Crippen molar-refractivity contribution in [2.75, 3.05) is 0 Å². The van der Waals surface area contributed by atoms with Crippen molar-refractivity contribution in [3.8, 4) is 0 Å². The molecule has 1 fully saturated rings. The van der Waals surface area contributed by atoms with E-state index in [0.29, 0.717) is 5.41 Å². The summed E-state index contributed by atoms with van der Waals surface area (Å²) in [5.74, 6) is 0.731. The van der Waals surface area contributed by atoms with Gasteiger partial charge in [0.15, 0.2) is 0 Å². The summed E-state index contributed by atoms with van der Waals surface area (Å²) in [5.41, 5.74) is 12.8. The molecule has 2 rings (SSSR count). The highest BCUT2D eigenvalue weighted by atomic mass is 14.8. The fourth-order valence-electron chi connectivity index (χ4n) is 4.78. The second-order valence-electron chi connectivity index (χ2n) is 8.27. The van der Waals surface area contributed by atoms with E-state index >= 15 is 0 Å². The van der Waals surface area contributed by atoms with Crippen molar-refractivity contribution >= 4 is 0 Å². The lowest BCUT2D eigenvalue weighted by molar-refractivity contribution is 0.108. The molecule has 2 N–H and O–H groups in total. The molecule has 1 aromatic carbocycles. The number of hydrogen-bond acceptors (Lipinski definition) is 1. The van der Waals surface area contributed by atoms with Crippen LogP contribution in [0.2, 0.25) is 0 Å². The number of aryl methyl sites for hydroxylation is 3. The van der Waals surface area contributed by atoms with Crippen molar-refractivity contribution in [3.63, 3.8) is 0 Å². The van der Waals surface area contributed by atoms with Crippen LogP contribution in [0, 0.1) is 32.1 Å². The minimum Gasteiger partial charge on any atom is -0.325 e. The average molecular weight is 273 g/mol. The minimum atomic E-state index is -0.0358. The van der Waals surface area contributed by atoms with Crippen molar-refractivity contribution in [1.82, 2.24) is 0 Å². The molecule has 0 spiro atoms. The third kappa shape index (κ3) is 3.44. The first-order chi connectivity index (χ1) is 9.10. The quantitative estimate of drug-likeness (QED) is 0.830. The zero-order valence-corrected chi connectivity index (χ0v) is 14.1. The van der Waals surface area contributed by atoms with Gasteiger partial charge in [-0.3, -0.25) is 0 Å². The maximum absolute atomic E-state index is 6.83. The third-order valence-electron chi connectivity index (χ3n) is 4.86. The second-order valence-corrected chi connectivity index (χ2v) is 8.27. The van der Waals surface area contributed by atoms with E-state index in [1.165, 1.54) is 28.7 Å². The third-order valence-corrected chi connectivity index (χ3v) is 4.86. The molecule has 1 aliphatic rings. The van der Waals surface area contributed by atoms with Gasteiger partial charge in [-0.15, -0.1) is 0 Å². The first-order valence-corrected chi connectivity index (χ1v) is 7.96. The van der Waals surface area contributed by atoms with Crippen LogP contribution in [0.15, 0.2) is 12.1 Å². The Morgan fingerprint density at radius 2 is 1.65 bits per heavy atom. The molecule has 1 aliphatic carbocycles. The SMILES string of the molecule is Cc1cc(C)c(CC2(N)CC(C)CC(C)(C)C2)c(C)c1. The van der Waals surface area contributed by atoms with Crippen molar-refractivity contribution in [2.24, 2.45) is 17.1 Å². The van der Waals surface area contributed by atoms with Gasteiger partial charge >= 0.3 is 0 Å². The molecule has 0 aliphatic heterocycles. The first-order valence-electron chi connectivity index (χ1n) is 7.96. The Balaban J connectivity index is 2.29. The Bertz CT molecular complexity index is 477. The standard InChI is InChI=1S/C19H31N/c1-13-7-15(3)17(16(4)8-13)11-19(20)10-14(2)9-18(5,6)12-19/h7-8,14H,9-12,20H2,1-6H3. The first kappa shape index (κ1) is 15.6. The molecule has 1 nitrogen and oxygen atoms in total. The molecule has 0 radical (unpaired) electrons. The van der Waals surface area contributed by atoms with Crippen LogP contribution in [0.5, 0.6) is 0 Å². The molecule has 0 amide bonds. The van der Waals surface area contributed by atoms with Gasteiger partial charge in [-0.2, -0.15) is 0 Å². The van der Waals surface area contributed by atoms with E-state index in [2.05, 4.69) is 53.7 Å². The molecule has 1 aromatic rings. The molecule has 0 aromatic heterocycles. The van der Waals surface area contributed by atoms with Crippen LogP contribution in [0.25, 0.3) is 0 Å². The van der Waals surface area contributed by atoms with Crippen LogP contribution in [0.4, 0.5) is 0 Å². The summed E-state index contributed by atoms with van der Waals surface area (Å²) in [6.07, 6.45) is 4.62. The number of benzene rings is 1. The Kier molecular flexibility index (Phi) is 4.03. The Morgan fingerprint density at radius 3 is 2.15 bits per heavy atom. The largest absolute Gasteiger partial charge is 0.325 e. The molecule has 1 heteroatoms. The van der Waals surface area contributed by atoms with Crippen molar-refractivity contribution in [1.29, 1.82) is 0 Å². The van der Waals surface area contributed by atoms with E-state index in [-0.39, 0.29) is 5.54 Å². The monoisotopic (exact) mass is 273 g/mol. The van der Waals surface area contributed by atoms with Crippen molar-refractivity contribution < 1.29 is 0 Å². The van der Waals surface area contributed by atoms with Crippen LogP contribution in [0.1, 0.15) is 62.3 Å². The molecule has 2 atom stereocenters. The summed E-state index contributed by atoms with van der Waals surface area (Å²) in [6.45, 7) is 13.7. The number of nitrogens with two attached hydrogens (primary N) is 1. The van der Waals surface area contributed by atoms with Gasteiger partial charge in [0.1, 0.15) is 0 Å². The lowest BCUT2D eigenvalue weighted by Gasteiger charge is -2.46. The van der Waals surface area contributed by atoms with E-state index in [9.17, 15) is 0 Å². The zero-order valence-electron chi connectivity index (χ0n) is 14.1. The van der Waals surface area contributed by atoms with Crippen LogP contribution in [-0.2, 0) is 6.42 Å². The molecule has 2 unspecified atom stereocenters. The topological polar surface area (TPSA) is 26.0 Å². The smallest absolute Gasteiger partial charge is 0.0202 e. The predicted molar refractivity (Wildman–Crippen MR) is 88.1 cm³/mol. The van der Waals surface area contributed by atoms with Crippen LogP contribution in [0.3, 0.4) is 0 Å². The fraction of sp³-hybridized carbons (Fsp3) is 0.684. The van der Waals surface area contributed by atoms with Crippen LogP contribution < -0.4 is 5.73 Å². The van der Waals surface area contributed by atoms with E-state index in [1.807, 2.05) is 0 Å². The summed E-state index contributed by atoms with van der Waals surface area (Å²) in [5, 5.41) is 0. The van der Waals surface area contributed by atoms with Gasteiger partial charge in [0.05, 0.1) is 0 Å². The predicted octanol–water partition coefficient (Wildman–Crippen LogP) is 4.70. The maximum atomic E-state index is 6.83. The number of hydrogen-bond donors (Lipinski definition) is 1. The Hall–Kier alpha value is -0.820. The van der Waals surface area contributed by atoms with E-state index < -0.39 is 0 Å². The van der Waals surface area contributed by atoms with Crippen LogP contribution in [-0.4, -0.2) is 5.54 Å². The van der Waals surface area contributed by atoms with Gasteiger partial charge in [0.2, 0.25) is 0 Å². The molecule has 1 saturated carbocycles. The highest BCUT2D eigenvalue weighted by molar-refractivity contribution is 5.38. The van der Waals surface area contributed by atoms with Gasteiger partial charge in [-0.1, -0.05) is 38.5 Å². The summed E-state index contributed by atoms with van der Waals surface area (Å²) < 4.78 is 0. The molecule has 0 saturated heterocycles. The highest BCUT2D eigenvalue weighted by Gasteiger charge is 2.40. The molecule has 112 valence electrons. The molecular weight excluding hydrogens is 242 g/mol. The summed E-state index contributed by atoms with van der Waals surface area (Å²) in [4.78, 5) is 0. The van der Waals surface area contributed by atoms with Crippen LogP contribution >= 0.6 is 0 Å². The summed E-state index contributed by atoms with van der Waals surface area (Å²) in [7, 11) is 0. The molecule has 20 heavy (non-hydrogen) atoms. The van der Waals surface area contributed by atoms with Gasteiger partial charge in [0.25, 0.3) is 0 Å². The normalized spacial score (nSPS) is 29.4. The lowest BCUT2D eigenvalue weighted by atomic mass is 9.63. The van der Waals surface area contributed by atoms with Crippen molar-refractivity contribution in [3.05, 3.63) is 34.4 Å². The Labute approximate surface area is 125 Å². The average Bonchev–Trinajstić information content (AvgIpc) is 2.19. The number of rotatable bonds is 2. The zero-order chi connectivity index (χ0) is 15.1. The molecule has 0 heterocycles. The van der Waals surface area contributed by atoms with Gasteiger partial charge in [0, 0.05) is 5.54 Å². The fourth-order valence-corrected chi connectivity index (χ4v) is 4.78. The Morgan fingerprint density at radius 1 is 1.10 bits per heavy atom. The summed E-state index contributed by atoms with van der Waals surface area (Å²) in [6, 6.07) is 4.59. The van der Waals surface area contributed by atoms with Gasteiger partial charge in [-0.25, -0.2) is 0 Å². The van der Waals surface area contributed by atoms with E-state index in [1.54, 1.807) is 0 Å². The van der Waals surface area contributed by atoms with E-state index in [0.717, 1.165) is 25.2 Å². The minimum absolute atomic E-state index is 0.0358. The summed E-state index contributed by atoms with van der Waals surface area (Å²) >= 11 is 0. The van der Waals surface area contributed by atoms with Gasteiger partial charge in [-0.05, 0) is 74.5 Å². The molecule has 0 bridgehead atoms. The maximum Gasteiger partial charge on any atom is 0.0202 e. The van der Waals surface area contributed by atoms with E-state index in [4.69, 9.17) is 5.73 Å². The molecular formula is C19H31N. The lowest BCUT2D eigenvalue weighted by Crippen LogP contribution is -2.51. The van der Waals surface area contributed by atoms with Gasteiger partial charge < -0.3 is 5.73 Å².